The number of aliphatic hydroxyl groups is 1. The fraction of sp³-hybridized carbons (Fsp3) is 0.444. The number of pyridine rings is 1. The molecule has 0 aliphatic heterocycles. The largest absolute Gasteiger partial charge is 0.396 e. The van der Waals surface area contributed by atoms with E-state index < -0.39 is 0 Å². The van der Waals surface area contributed by atoms with E-state index >= 15 is 0 Å². The summed E-state index contributed by atoms with van der Waals surface area (Å²) in [5.41, 5.74) is 2.48. The van der Waals surface area contributed by atoms with Crippen molar-refractivity contribution in [3.05, 3.63) is 18.2 Å². The SMILES string of the molecule is NNc1cccc(NCCCCO)n1. The fourth-order valence-electron chi connectivity index (χ4n) is 1.07. The first-order valence-corrected chi connectivity index (χ1v) is 4.65. The zero-order valence-corrected chi connectivity index (χ0v) is 8.03. The number of nitrogens with one attached hydrogen (secondary N) is 2. The van der Waals surface area contributed by atoms with Gasteiger partial charge in [0.1, 0.15) is 11.6 Å². The smallest absolute Gasteiger partial charge is 0.142 e. The first-order chi connectivity index (χ1) is 6.86. The Hall–Kier alpha value is -1.33. The van der Waals surface area contributed by atoms with Gasteiger partial charge in [-0.05, 0) is 25.0 Å². The van der Waals surface area contributed by atoms with Crippen molar-refractivity contribution in [2.45, 2.75) is 12.8 Å². The molecule has 0 radical (unpaired) electrons. The molecule has 0 unspecified atom stereocenters. The van der Waals surface area contributed by atoms with E-state index in [0.29, 0.717) is 5.82 Å². The van der Waals surface area contributed by atoms with Crippen molar-refractivity contribution in [3.8, 4) is 0 Å². The Morgan fingerprint density at radius 1 is 1.29 bits per heavy atom. The first-order valence-electron chi connectivity index (χ1n) is 4.65. The number of anilines is 2. The highest BCUT2D eigenvalue weighted by molar-refractivity contribution is 5.44. The third kappa shape index (κ3) is 3.59. The van der Waals surface area contributed by atoms with Crippen LogP contribution in [-0.4, -0.2) is 23.2 Å². The van der Waals surface area contributed by atoms with Crippen LogP contribution in [0.4, 0.5) is 11.6 Å². The molecule has 5 heteroatoms. The van der Waals surface area contributed by atoms with Crippen molar-refractivity contribution in [2.24, 2.45) is 5.84 Å². The van der Waals surface area contributed by atoms with Gasteiger partial charge >= 0.3 is 0 Å². The van der Waals surface area contributed by atoms with Crippen molar-refractivity contribution >= 4 is 11.6 Å². The van der Waals surface area contributed by atoms with Crippen molar-refractivity contribution in [1.29, 1.82) is 0 Å². The Morgan fingerprint density at radius 3 is 2.79 bits per heavy atom. The molecular weight excluding hydrogens is 180 g/mol. The third-order valence-corrected chi connectivity index (χ3v) is 1.79. The summed E-state index contributed by atoms with van der Waals surface area (Å²) in [6, 6.07) is 5.54. The van der Waals surface area contributed by atoms with Gasteiger partial charge in [0.25, 0.3) is 0 Å². The molecule has 0 amide bonds. The second-order valence-electron chi connectivity index (χ2n) is 2.91. The maximum Gasteiger partial charge on any atom is 0.142 e. The van der Waals surface area contributed by atoms with Crippen LogP contribution < -0.4 is 16.6 Å². The lowest BCUT2D eigenvalue weighted by atomic mass is 10.3. The molecule has 0 bridgehead atoms. The summed E-state index contributed by atoms with van der Waals surface area (Å²) >= 11 is 0. The van der Waals surface area contributed by atoms with Crippen molar-refractivity contribution < 1.29 is 5.11 Å². The summed E-state index contributed by atoms with van der Waals surface area (Å²) in [6.07, 6.45) is 1.74. The van der Waals surface area contributed by atoms with E-state index in [9.17, 15) is 0 Å². The Balaban J connectivity index is 2.34. The van der Waals surface area contributed by atoms with Gasteiger partial charge in [0.15, 0.2) is 0 Å². The molecule has 5 nitrogen and oxygen atoms in total. The molecule has 0 saturated heterocycles. The highest BCUT2D eigenvalue weighted by atomic mass is 16.2. The quantitative estimate of drug-likeness (QED) is 0.303. The maximum absolute atomic E-state index is 8.58. The molecule has 1 aromatic rings. The lowest BCUT2D eigenvalue weighted by molar-refractivity contribution is 0.286. The minimum absolute atomic E-state index is 0.236. The number of aromatic nitrogens is 1. The molecule has 14 heavy (non-hydrogen) atoms. The lowest BCUT2D eigenvalue weighted by Crippen LogP contribution is -2.10. The first kappa shape index (κ1) is 10.7. The number of hydrogen-bond donors (Lipinski definition) is 4. The number of aliphatic hydroxyl groups excluding tert-OH is 1. The van der Waals surface area contributed by atoms with Crippen LogP contribution in [0.1, 0.15) is 12.8 Å². The minimum atomic E-state index is 0.236. The predicted octanol–water partition coefficient (Wildman–Crippen LogP) is 0.552. The van der Waals surface area contributed by atoms with Gasteiger partial charge in [0, 0.05) is 13.2 Å². The van der Waals surface area contributed by atoms with Gasteiger partial charge in [-0.15, -0.1) is 0 Å². The molecule has 0 aliphatic rings. The molecule has 5 N–H and O–H groups in total. The highest BCUT2D eigenvalue weighted by Gasteiger charge is 1.94. The normalized spacial score (nSPS) is 9.86. The number of hydrazine groups is 1. The van der Waals surface area contributed by atoms with Gasteiger partial charge in [0.05, 0.1) is 0 Å². The number of nitrogens with zero attached hydrogens (tertiary/aromatic N) is 1. The Kier molecular flexibility index (Phi) is 4.74. The van der Waals surface area contributed by atoms with Crippen LogP contribution in [0.2, 0.25) is 0 Å². The molecule has 0 fully saturated rings. The second-order valence-corrected chi connectivity index (χ2v) is 2.91. The van der Waals surface area contributed by atoms with E-state index in [1.165, 1.54) is 0 Å². The van der Waals surface area contributed by atoms with Gasteiger partial charge in [-0.25, -0.2) is 10.8 Å². The second kappa shape index (κ2) is 6.17. The molecule has 0 atom stereocenters. The fourth-order valence-corrected chi connectivity index (χ4v) is 1.07. The number of nitrogens with two attached hydrogens (primary N) is 1. The average molecular weight is 196 g/mol. The van der Waals surface area contributed by atoms with Crippen LogP contribution in [0.5, 0.6) is 0 Å². The zero-order chi connectivity index (χ0) is 10.2. The summed E-state index contributed by atoms with van der Waals surface area (Å²) in [6.45, 7) is 1.04. The average Bonchev–Trinajstić information content (AvgIpc) is 2.25. The van der Waals surface area contributed by atoms with Crippen LogP contribution in [-0.2, 0) is 0 Å². The molecule has 1 aromatic heterocycles. The molecule has 0 spiro atoms. The summed E-state index contributed by atoms with van der Waals surface area (Å²) in [7, 11) is 0. The molecule has 1 heterocycles. The van der Waals surface area contributed by atoms with Gasteiger partial charge in [0.2, 0.25) is 0 Å². The molecule has 0 saturated carbocycles. The maximum atomic E-state index is 8.58. The van der Waals surface area contributed by atoms with Crippen LogP contribution in [0.25, 0.3) is 0 Å². The number of rotatable bonds is 6. The highest BCUT2D eigenvalue weighted by Crippen LogP contribution is 2.07. The topological polar surface area (TPSA) is 83.2 Å². The standard InChI is InChI=1S/C9H16N4O/c10-13-9-5-3-4-8(12-9)11-6-1-2-7-14/h3-5,14H,1-2,6-7,10H2,(H2,11,12,13). The summed E-state index contributed by atoms with van der Waals surface area (Å²) in [4.78, 5) is 4.18. The molecule has 0 aliphatic carbocycles. The Labute approximate surface area is 83.3 Å². The summed E-state index contributed by atoms with van der Waals surface area (Å²) in [5.74, 6) is 6.65. The van der Waals surface area contributed by atoms with Gasteiger partial charge < -0.3 is 15.8 Å². The van der Waals surface area contributed by atoms with E-state index in [4.69, 9.17) is 10.9 Å². The predicted molar refractivity (Wildman–Crippen MR) is 56.9 cm³/mol. The number of unbranched alkanes of at least 4 members (excludes halogenated alkanes) is 1. The van der Waals surface area contributed by atoms with Crippen LogP contribution in [0.15, 0.2) is 18.2 Å². The van der Waals surface area contributed by atoms with Crippen LogP contribution >= 0.6 is 0 Å². The van der Waals surface area contributed by atoms with E-state index in [1.807, 2.05) is 12.1 Å². The monoisotopic (exact) mass is 196 g/mol. The number of nitrogen functional groups attached to an aromatic ring is 1. The van der Waals surface area contributed by atoms with Gasteiger partial charge in [-0.1, -0.05) is 6.07 Å². The van der Waals surface area contributed by atoms with Crippen molar-refractivity contribution in [1.82, 2.24) is 4.98 Å². The molecule has 1 rings (SSSR count). The van der Waals surface area contributed by atoms with E-state index in [-0.39, 0.29) is 6.61 Å². The van der Waals surface area contributed by atoms with Crippen molar-refractivity contribution in [3.63, 3.8) is 0 Å². The lowest BCUT2D eigenvalue weighted by Gasteiger charge is -2.06. The summed E-state index contributed by atoms with van der Waals surface area (Å²) in [5, 5.41) is 11.7. The Morgan fingerprint density at radius 2 is 2.07 bits per heavy atom. The Bertz CT molecular complexity index is 267. The third-order valence-electron chi connectivity index (χ3n) is 1.79. The molecule has 0 aromatic carbocycles. The van der Waals surface area contributed by atoms with E-state index in [1.54, 1.807) is 6.07 Å². The molecular formula is C9H16N4O. The summed E-state index contributed by atoms with van der Waals surface area (Å²) < 4.78 is 0. The zero-order valence-electron chi connectivity index (χ0n) is 8.03. The minimum Gasteiger partial charge on any atom is -0.396 e. The van der Waals surface area contributed by atoms with E-state index in [0.717, 1.165) is 25.2 Å². The van der Waals surface area contributed by atoms with Gasteiger partial charge in [-0.2, -0.15) is 0 Å². The number of hydrogen-bond acceptors (Lipinski definition) is 5. The molecule has 78 valence electrons. The van der Waals surface area contributed by atoms with Gasteiger partial charge in [-0.3, -0.25) is 0 Å². The van der Waals surface area contributed by atoms with E-state index in [2.05, 4.69) is 15.7 Å². The van der Waals surface area contributed by atoms with Crippen LogP contribution in [0.3, 0.4) is 0 Å². The van der Waals surface area contributed by atoms with Crippen molar-refractivity contribution in [2.75, 3.05) is 23.9 Å². The van der Waals surface area contributed by atoms with Crippen LogP contribution in [0, 0.1) is 0 Å².